The molecule has 2 aromatic heterocycles. The van der Waals surface area contributed by atoms with Crippen LogP contribution in [0.15, 0.2) is 84.1 Å². The van der Waals surface area contributed by atoms with Crippen LogP contribution in [0.4, 0.5) is 4.39 Å². The van der Waals surface area contributed by atoms with Crippen molar-refractivity contribution in [2.24, 2.45) is 11.3 Å². The highest BCUT2D eigenvalue weighted by molar-refractivity contribution is 7.89. The molecule has 0 spiro atoms. The third kappa shape index (κ3) is 4.97. The molecule has 3 heterocycles. The number of fused-ring (bicyclic) bond motifs is 2. The summed E-state index contributed by atoms with van der Waals surface area (Å²) in [6.45, 7) is 6.67. The Kier molecular flexibility index (Phi) is 7.18. The zero-order valence-electron chi connectivity index (χ0n) is 25.9. The van der Waals surface area contributed by atoms with Crippen LogP contribution in [0.5, 0.6) is 0 Å². The molecule has 234 valence electrons. The smallest absolute Gasteiger partial charge is 0.264 e. The Balaban J connectivity index is 1.27. The summed E-state index contributed by atoms with van der Waals surface area (Å²) in [6.07, 6.45) is 5.27. The van der Waals surface area contributed by atoms with E-state index in [9.17, 15) is 12.8 Å². The van der Waals surface area contributed by atoms with Gasteiger partial charge in [-0.1, -0.05) is 30.3 Å². The Bertz CT molecular complexity index is 1970. The summed E-state index contributed by atoms with van der Waals surface area (Å²) >= 11 is 0. The van der Waals surface area contributed by atoms with Crippen LogP contribution in [0.2, 0.25) is 0 Å². The normalized spacial score (nSPS) is 23.7. The summed E-state index contributed by atoms with van der Waals surface area (Å²) in [4.78, 5) is 1.44. The molecule has 1 saturated carbocycles. The van der Waals surface area contributed by atoms with E-state index in [-0.39, 0.29) is 28.2 Å². The fourth-order valence-electron chi connectivity index (χ4n) is 7.53. The molecule has 2 aliphatic rings. The topological polar surface area (TPSA) is 95.1 Å². The lowest BCUT2D eigenvalue weighted by Gasteiger charge is -2.34. The Hall–Kier alpha value is -3.93. The first-order valence-corrected chi connectivity index (χ1v) is 16.7. The molecule has 1 aliphatic heterocycles. The molecule has 7 rings (SSSR count). The summed E-state index contributed by atoms with van der Waals surface area (Å²) in [5.41, 5.74) is 4.18. The largest absolute Gasteiger partial charge is 0.373 e. The van der Waals surface area contributed by atoms with Crippen molar-refractivity contribution >= 4 is 20.9 Å². The molecule has 0 unspecified atom stereocenters. The van der Waals surface area contributed by atoms with Gasteiger partial charge in [-0.05, 0) is 104 Å². The van der Waals surface area contributed by atoms with Gasteiger partial charge in [0, 0.05) is 25.6 Å². The van der Waals surface area contributed by atoms with E-state index in [4.69, 9.17) is 4.74 Å². The van der Waals surface area contributed by atoms with Crippen molar-refractivity contribution in [1.82, 2.24) is 29.1 Å². The third-order valence-electron chi connectivity index (χ3n) is 9.88. The van der Waals surface area contributed by atoms with Gasteiger partial charge in [0.1, 0.15) is 5.82 Å². The Morgan fingerprint density at radius 2 is 1.80 bits per heavy atom. The van der Waals surface area contributed by atoms with Crippen molar-refractivity contribution in [3.63, 3.8) is 0 Å². The standard InChI is InChI=1S/C34H37FN6O3S/c1-23(2)41-37-19-32(38-41)45(42,43)39-20-28-17-34(44-4,27-8-6-5-7-9-27)21-33(28,22-39)16-25-15-26-18-36-40(31(26)14-24(25)3)30-12-10-29(35)11-13-30/h5-15,18-19,23,28H,16-17,20-22H2,1-4H3/t28-,33+,34-/m0/s1. The van der Waals surface area contributed by atoms with Gasteiger partial charge < -0.3 is 4.74 Å². The SMILES string of the molecule is CO[C@@]1(c2ccccc2)C[C@H]2CN(S(=O)(=O)c3cnn(C(C)C)n3)C[C@@]2(Cc2cc3cnn(-c4ccc(F)cc4)c3cc2C)C1. The van der Waals surface area contributed by atoms with Gasteiger partial charge in [0.25, 0.3) is 10.0 Å². The summed E-state index contributed by atoms with van der Waals surface area (Å²) in [5.74, 6) is -0.233. The summed E-state index contributed by atoms with van der Waals surface area (Å²) in [6, 6.07) is 20.8. The first-order valence-electron chi connectivity index (χ1n) is 15.3. The van der Waals surface area contributed by atoms with E-state index in [2.05, 4.69) is 46.5 Å². The van der Waals surface area contributed by atoms with E-state index in [1.54, 1.807) is 23.5 Å². The molecule has 2 fully saturated rings. The van der Waals surface area contributed by atoms with Crippen LogP contribution in [-0.4, -0.2) is 57.7 Å². The molecule has 1 saturated heterocycles. The highest BCUT2D eigenvalue weighted by Gasteiger charge is 2.61. The third-order valence-corrected chi connectivity index (χ3v) is 11.6. The maximum atomic E-state index is 13.9. The van der Waals surface area contributed by atoms with Crippen molar-refractivity contribution in [2.75, 3.05) is 20.2 Å². The monoisotopic (exact) mass is 628 g/mol. The van der Waals surface area contributed by atoms with Crippen LogP contribution in [0.1, 0.15) is 49.4 Å². The summed E-state index contributed by atoms with van der Waals surface area (Å²) in [7, 11) is -2.08. The molecule has 1 aliphatic carbocycles. The lowest BCUT2D eigenvalue weighted by atomic mass is 9.74. The number of hydrogen-bond acceptors (Lipinski definition) is 6. The van der Waals surface area contributed by atoms with Gasteiger partial charge in [0.15, 0.2) is 0 Å². The van der Waals surface area contributed by atoms with Gasteiger partial charge in [-0.3, -0.25) is 0 Å². The number of rotatable bonds is 8. The van der Waals surface area contributed by atoms with Gasteiger partial charge in [0.05, 0.1) is 35.2 Å². The van der Waals surface area contributed by atoms with E-state index in [1.165, 1.54) is 23.1 Å². The maximum Gasteiger partial charge on any atom is 0.264 e. The predicted octanol–water partition coefficient (Wildman–Crippen LogP) is 5.83. The molecular weight excluding hydrogens is 591 g/mol. The average Bonchev–Trinajstić information content (AvgIpc) is 3.80. The number of aryl methyl sites for hydroxylation is 1. The molecule has 0 amide bonds. The Morgan fingerprint density at radius 1 is 1.04 bits per heavy atom. The van der Waals surface area contributed by atoms with Crippen molar-refractivity contribution < 1.29 is 17.5 Å². The molecule has 5 aromatic rings. The molecule has 45 heavy (non-hydrogen) atoms. The number of aromatic nitrogens is 5. The van der Waals surface area contributed by atoms with Crippen LogP contribution in [-0.2, 0) is 26.8 Å². The van der Waals surface area contributed by atoms with E-state index < -0.39 is 15.6 Å². The number of methoxy groups -OCH3 is 1. The molecule has 0 bridgehead atoms. The molecule has 11 heteroatoms. The number of benzene rings is 3. The van der Waals surface area contributed by atoms with Gasteiger partial charge in [-0.15, -0.1) is 5.10 Å². The summed E-state index contributed by atoms with van der Waals surface area (Å²) < 4.78 is 51.3. The fraction of sp³-hybridized carbons (Fsp3) is 0.382. The Morgan fingerprint density at radius 3 is 2.49 bits per heavy atom. The number of halogens is 1. The molecule has 3 atom stereocenters. The van der Waals surface area contributed by atoms with Gasteiger partial charge in [-0.25, -0.2) is 17.5 Å². The first-order chi connectivity index (χ1) is 21.5. The predicted molar refractivity (Wildman–Crippen MR) is 169 cm³/mol. The molecule has 3 aromatic carbocycles. The van der Waals surface area contributed by atoms with Crippen LogP contribution >= 0.6 is 0 Å². The number of ether oxygens (including phenoxy) is 1. The average molecular weight is 629 g/mol. The maximum absolute atomic E-state index is 13.9. The first kappa shape index (κ1) is 29.8. The highest BCUT2D eigenvalue weighted by atomic mass is 32.2. The van der Waals surface area contributed by atoms with Crippen molar-refractivity contribution in [3.05, 3.63) is 102 Å². The summed E-state index contributed by atoms with van der Waals surface area (Å²) in [5, 5.41) is 14.1. The highest BCUT2D eigenvalue weighted by Crippen LogP contribution is 2.60. The minimum absolute atomic E-state index is 0.0156. The van der Waals surface area contributed by atoms with Crippen molar-refractivity contribution in [3.8, 4) is 5.69 Å². The van der Waals surface area contributed by atoms with Crippen LogP contribution in [0, 0.1) is 24.1 Å². The second-order valence-electron chi connectivity index (χ2n) is 12.9. The van der Waals surface area contributed by atoms with Crippen LogP contribution in [0.25, 0.3) is 16.6 Å². The van der Waals surface area contributed by atoms with Gasteiger partial charge in [0.2, 0.25) is 5.03 Å². The number of sulfonamides is 1. The van der Waals surface area contributed by atoms with Gasteiger partial charge >= 0.3 is 0 Å². The van der Waals surface area contributed by atoms with E-state index in [1.807, 2.05) is 42.9 Å². The second-order valence-corrected chi connectivity index (χ2v) is 14.8. The van der Waals surface area contributed by atoms with Crippen LogP contribution in [0.3, 0.4) is 0 Å². The van der Waals surface area contributed by atoms with E-state index in [0.29, 0.717) is 32.4 Å². The fourth-order valence-corrected chi connectivity index (χ4v) is 8.96. The van der Waals surface area contributed by atoms with E-state index in [0.717, 1.165) is 33.3 Å². The lowest BCUT2D eigenvalue weighted by molar-refractivity contribution is -0.0224. The zero-order valence-corrected chi connectivity index (χ0v) is 26.7. The molecule has 0 radical (unpaired) electrons. The number of hydrogen-bond donors (Lipinski definition) is 0. The zero-order chi connectivity index (χ0) is 31.6. The van der Waals surface area contributed by atoms with Gasteiger partial charge in [-0.2, -0.15) is 19.3 Å². The van der Waals surface area contributed by atoms with E-state index >= 15 is 0 Å². The molecular formula is C34H37FN6O3S. The van der Waals surface area contributed by atoms with Crippen molar-refractivity contribution in [2.45, 2.75) is 56.7 Å². The second kappa shape index (κ2) is 10.9. The molecule has 0 N–H and O–H groups in total. The Labute approximate surface area is 262 Å². The van der Waals surface area contributed by atoms with Crippen molar-refractivity contribution in [1.29, 1.82) is 0 Å². The van der Waals surface area contributed by atoms with Crippen LogP contribution < -0.4 is 0 Å². The minimum Gasteiger partial charge on any atom is -0.373 e. The minimum atomic E-state index is -3.85. The lowest BCUT2D eigenvalue weighted by Crippen LogP contribution is -2.37. The number of nitrogens with zero attached hydrogens (tertiary/aromatic N) is 6. The molecule has 9 nitrogen and oxygen atoms in total. The quantitative estimate of drug-likeness (QED) is 0.215.